The molecule has 1 atom stereocenters. The van der Waals surface area contributed by atoms with Gasteiger partial charge in [0, 0.05) is 21.6 Å². The van der Waals surface area contributed by atoms with Gasteiger partial charge in [0.15, 0.2) is 0 Å². The number of hydrogen-bond donors (Lipinski definition) is 2. The number of aliphatic hydroxyl groups is 1. The maximum Gasteiger partial charge on any atom is 0.410 e. The first-order valence-corrected chi connectivity index (χ1v) is 6.94. The van der Waals surface area contributed by atoms with Crippen molar-refractivity contribution in [3.05, 3.63) is 33.4 Å². The van der Waals surface area contributed by atoms with E-state index in [4.69, 9.17) is 4.74 Å². The van der Waals surface area contributed by atoms with E-state index in [2.05, 4.69) is 27.9 Å². The lowest BCUT2D eigenvalue weighted by atomic mass is 10.0. The van der Waals surface area contributed by atoms with E-state index in [0.29, 0.717) is 12.0 Å². The Hall–Kier alpha value is -0.820. The Morgan fingerprint density at radius 1 is 1.50 bits per heavy atom. The topological polar surface area (TPSA) is 58.6 Å². The molecule has 1 aromatic rings. The van der Waals surface area contributed by atoms with Crippen molar-refractivity contribution in [2.24, 2.45) is 0 Å². The van der Waals surface area contributed by atoms with Crippen molar-refractivity contribution >= 4 is 28.7 Å². The summed E-state index contributed by atoms with van der Waals surface area (Å²) in [6.07, 6.45) is -0.326. The van der Waals surface area contributed by atoms with E-state index >= 15 is 0 Å². The van der Waals surface area contributed by atoms with Crippen LogP contribution < -0.4 is 5.32 Å². The molecule has 0 aromatic heterocycles. The van der Waals surface area contributed by atoms with Crippen LogP contribution in [-0.4, -0.2) is 17.2 Å². The van der Waals surface area contributed by atoms with E-state index in [1.165, 1.54) is 0 Å². The van der Waals surface area contributed by atoms with Crippen LogP contribution in [0.25, 0.3) is 0 Å². The first-order chi connectivity index (χ1) is 8.39. The van der Waals surface area contributed by atoms with Gasteiger partial charge in [-0.05, 0) is 42.5 Å². The third kappa shape index (κ3) is 3.84. The Kier molecular flexibility index (Phi) is 5.40. The first-order valence-electron chi connectivity index (χ1n) is 5.86. The molecular weight excluding hydrogens is 345 g/mol. The van der Waals surface area contributed by atoms with Crippen molar-refractivity contribution in [1.29, 1.82) is 0 Å². The summed E-state index contributed by atoms with van der Waals surface area (Å²) in [6, 6.07) is 7.26. The van der Waals surface area contributed by atoms with Crippen molar-refractivity contribution < 1.29 is 14.6 Å². The van der Waals surface area contributed by atoms with Gasteiger partial charge >= 0.3 is 6.09 Å². The highest BCUT2D eigenvalue weighted by molar-refractivity contribution is 14.1. The first kappa shape index (κ1) is 15.2. The highest BCUT2D eigenvalue weighted by Crippen LogP contribution is 2.30. The zero-order valence-electron chi connectivity index (χ0n) is 10.7. The van der Waals surface area contributed by atoms with E-state index in [1.807, 2.05) is 32.0 Å². The van der Waals surface area contributed by atoms with Crippen LogP contribution in [0.5, 0.6) is 0 Å². The summed E-state index contributed by atoms with van der Waals surface area (Å²) in [4.78, 5) is 11.6. The molecule has 18 heavy (non-hydrogen) atoms. The molecule has 0 saturated carbocycles. The Balaban J connectivity index is 2.93. The van der Waals surface area contributed by atoms with Crippen LogP contribution in [0.4, 0.5) is 4.79 Å². The number of alkyl carbamates (subject to hydrolysis) is 1. The molecule has 1 amide bonds. The molecule has 4 nitrogen and oxygen atoms in total. The van der Waals surface area contributed by atoms with Crippen LogP contribution in [-0.2, 0) is 10.5 Å². The smallest absolute Gasteiger partial charge is 0.410 e. The Labute approximate surface area is 121 Å². The van der Waals surface area contributed by atoms with Crippen LogP contribution in [0.2, 0.25) is 0 Å². The van der Waals surface area contributed by atoms with E-state index in [0.717, 1.165) is 3.57 Å². The van der Waals surface area contributed by atoms with Crippen LogP contribution in [0.15, 0.2) is 24.3 Å². The normalized spacial score (nSPS) is 14.1. The third-order valence-electron chi connectivity index (χ3n) is 2.44. The second-order valence-electron chi connectivity index (χ2n) is 4.31. The molecule has 0 bridgehead atoms. The minimum Gasteiger partial charge on any atom is -0.413 e. The lowest BCUT2D eigenvalue weighted by Crippen LogP contribution is -2.39. The number of ether oxygens (including phenoxy) is 1. The molecule has 2 N–H and O–H groups in total. The number of nitrogens with one attached hydrogen (secondary N) is 1. The molecule has 1 aromatic carbocycles. The number of benzene rings is 1. The van der Waals surface area contributed by atoms with Crippen LogP contribution >= 0.6 is 22.6 Å². The summed E-state index contributed by atoms with van der Waals surface area (Å²) in [5.74, 6) is -1.59. The van der Waals surface area contributed by atoms with Gasteiger partial charge in [0.1, 0.15) is 0 Å². The van der Waals surface area contributed by atoms with Crippen molar-refractivity contribution in [2.45, 2.75) is 39.0 Å². The van der Waals surface area contributed by atoms with Crippen LogP contribution in [0.1, 0.15) is 32.8 Å². The van der Waals surface area contributed by atoms with Gasteiger partial charge in [0.25, 0.3) is 0 Å². The van der Waals surface area contributed by atoms with Gasteiger partial charge < -0.3 is 15.2 Å². The highest BCUT2D eigenvalue weighted by Gasteiger charge is 2.33. The quantitative estimate of drug-likeness (QED) is 0.639. The maximum atomic E-state index is 11.6. The standard InChI is InChI=1S/C13H18INO3/c1-4-13(17,18-12(16)15-9(2)3)10-7-5-6-8-11(10)14/h5-9,17H,4H2,1-3H3,(H,15,16)/t13-/m0/s1. The summed E-state index contributed by atoms with van der Waals surface area (Å²) in [6.45, 7) is 5.43. The van der Waals surface area contributed by atoms with Crippen molar-refractivity contribution in [3.63, 3.8) is 0 Å². The van der Waals surface area contributed by atoms with E-state index < -0.39 is 11.9 Å². The fraction of sp³-hybridized carbons (Fsp3) is 0.462. The summed E-state index contributed by atoms with van der Waals surface area (Å²) in [5.41, 5.74) is 0.604. The number of halogens is 1. The van der Waals surface area contributed by atoms with E-state index in [-0.39, 0.29) is 6.04 Å². The molecular formula is C13H18INO3. The molecule has 0 radical (unpaired) electrons. The Morgan fingerprint density at radius 3 is 2.61 bits per heavy atom. The zero-order valence-corrected chi connectivity index (χ0v) is 12.9. The van der Waals surface area contributed by atoms with Crippen molar-refractivity contribution in [3.8, 4) is 0 Å². The summed E-state index contributed by atoms with van der Waals surface area (Å²) < 4.78 is 6.02. The maximum absolute atomic E-state index is 11.6. The fourth-order valence-electron chi connectivity index (χ4n) is 1.51. The van der Waals surface area contributed by atoms with Gasteiger partial charge in [-0.25, -0.2) is 4.79 Å². The average Bonchev–Trinajstić information content (AvgIpc) is 2.28. The second-order valence-corrected chi connectivity index (χ2v) is 5.47. The van der Waals surface area contributed by atoms with E-state index in [9.17, 15) is 9.90 Å². The predicted octanol–water partition coefficient (Wildman–Crippen LogP) is 2.98. The second kappa shape index (κ2) is 6.38. The largest absolute Gasteiger partial charge is 0.413 e. The lowest BCUT2D eigenvalue weighted by molar-refractivity contribution is -0.172. The molecule has 0 saturated heterocycles. The molecule has 0 heterocycles. The number of carbonyl (C=O) groups is 1. The van der Waals surface area contributed by atoms with Gasteiger partial charge in [-0.3, -0.25) is 0 Å². The minimum atomic E-state index is -1.59. The molecule has 0 fully saturated rings. The highest BCUT2D eigenvalue weighted by atomic mass is 127. The number of carbonyl (C=O) groups excluding carboxylic acids is 1. The van der Waals surface area contributed by atoms with Crippen LogP contribution in [0, 0.1) is 3.57 Å². The zero-order chi connectivity index (χ0) is 13.8. The molecule has 100 valence electrons. The van der Waals surface area contributed by atoms with Crippen LogP contribution in [0.3, 0.4) is 0 Å². The predicted molar refractivity (Wildman–Crippen MR) is 78.1 cm³/mol. The van der Waals surface area contributed by atoms with Gasteiger partial charge in [0.05, 0.1) is 0 Å². The number of rotatable bonds is 4. The fourth-order valence-corrected chi connectivity index (χ4v) is 2.32. The van der Waals surface area contributed by atoms with Crippen molar-refractivity contribution in [1.82, 2.24) is 5.32 Å². The SMILES string of the molecule is CC[C@](O)(OC(=O)NC(C)C)c1ccccc1I. The molecule has 0 aliphatic heterocycles. The van der Waals surface area contributed by atoms with Gasteiger partial charge in [-0.1, -0.05) is 25.1 Å². The van der Waals surface area contributed by atoms with Gasteiger partial charge in [0.2, 0.25) is 5.79 Å². The minimum absolute atomic E-state index is 0.0338. The number of amides is 1. The summed E-state index contributed by atoms with van der Waals surface area (Å²) in [7, 11) is 0. The number of hydrogen-bond acceptors (Lipinski definition) is 3. The molecule has 5 heteroatoms. The molecule has 0 aliphatic rings. The summed E-state index contributed by atoms with van der Waals surface area (Å²) in [5, 5.41) is 13.1. The Bertz CT molecular complexity index is 422. The third-order valence-corrected chi connectivity index (χ3v) is 3.38. The van der Waals surface area contributed by atoms with Gasteiger partial charge in [-0.15, -0.1) is 0 Å². The summed E-state index contributed by atoms with van der Waals surface area (Å²) >= 11 is 2.11. The lowest BCUT2D eigenvalue weighted by Gasteiger charge is -2.28. The van der Waals surface area contributed by atoms with E-state index in [1.54, 1.807) is 13.0 Å². The Morgan fingerprint density at radius 2 is 2.11 bits per heavy atom. The molecule has 1 rings (SSSR count). The van der Waals surface area contributed by atoms with Gasteiger partial charge in [-0.2, -0.15) is 0 Å². The molecule has 0 unspecified atom stereocenters. The molecule has 0 aliphatic carbocycles. The van der Waals surface area contributed by atoms with Crippen molar-refractivity contribution in [2.75, 3.05) is 0 Å². The monoisotopic (exact) mass is 363 g/mol. The average molecular weight is 363 g/mol. The molecule has 0 spiro atoms.